The van der Waals surface area contributed by atoms with Crippen LogP contribution in [0.25, 0.3) is 0 Å². The van der Waals surface area contributed by atoms with Crippen LogP contribution in [0.4, 0.5) is 15.8 Å². The summed E-state index contributed by atoms with van der Waals surface area (Å²) in [7, 11) is -3.99. The van der Waals surface area contributed by atoms with Crippen LogP contribution in [0.2, 0.25) is 0 Å². The highest BCUT2D eigenvalue weighted by atomic mass is 32.2. The van der Waals surface area contributed by atoms with Crippen molar-refractivity contribution in [1.82, 2.24) is 0 Å². The van der Waals surface area contributed by atoms with E-state index in [0.717, 1.165) is 18.2 Å². The average molecular weight is 296 g/mol. The maximum atomic E-state index is 13.5. The molecule has 0 unspecified atom stereocenters. The highest BCUT2D eigenvalue weighted by Gasteiger charge is 2.18. The van der Waals surface area contributed by atoms with Gasteiger partial charge in [0.15, 0.2) is 0 Å². The van der Waals surface area contributed by atoms with Crippen molar-refractivity contribution in [1.29, 1.82) is 0 Å². The number of hydrogen-bond donors (Lipinski definition) is 1. The van der Waals surface area contributed by atoms with E-state index < -0.39 is 32.1 Å². The van der Waals surface area contributed by atoms with Crippen molar-refractivity contribution in [3.05, 3.63) is 64.5 Å². The molecule has 0 fully saturated rings. The highest BCUT2D eigenvalue weighted by Crippen LogP contribution is 2.23. The molecule has 0 bridgehead atoms. The van der Waals surface area contributed by atoms with E-state index in [1.807, 2.05) is 4.72 Å². The number of benzene rings is 2. The summed E-state index contributed by atoms with van der Waals surface area (Å²) in [6.07, 6.45) is 0. The van der Waals surface area contributed by atoms with Gasteiger partial charge in [0.1, 0.15) is 5.82 Å². The zero-order chi connectivity index (χ0) is 14.8. The minimum atomic E-state index is -3.99. The predicted molar refractivity (Wildman–Crippen MR) is 70.3 cm³/mol. The van der Waals surface area contributed by atoms with E-state index in [-0.39, 0.29) is 4.90 Å². The van der Waals surface area contributed by atoms with E-state index >= 15 is 0 Å². The van der Waals surface area contributed by atoms with E-state index in [0.29, 0.717) is 0 Å². The molecule has 104 valence electrons. The van der Waals surface area contributed by atoms with Gasteiger partial charge >= 0.3 is 0 Å². The topological polar surface area (TPSA) is 89.3 Å². The molecule has 0 atom stereocenters. The lowest BCUT2D eigenvalue weighted by Gasteiger charge is -2.08. The van der Waals surface area contributed by atoms with Crippen LogP contribution < -0.4 is 4.72 Å². The Bertz CT molecular complexity index is 747. The largest absolute Gasteiger partial charge is 0.276 e. The molecule has 0 aliphatic rings. The maximum Gasteiger partial charge on any atom is 0.271 e. The van der Waals surface area contributed by atoms with Gasteiger partial charge in [-0.25, -0.2) is 12.8 Å². The van der Waals surface area contributed by atoms with Gasteiger partial charge in [-0.15, -0.1) is 0 Å². The molecule has 2 aromatic carbocycles. The first-order valence-corrected chi connectivity index (χ1v) is 6.90. The first kappa shape index (κ1) is 13.9. The number of non-ortho nitro benzene ring substituents is 1. The number of sulfonamides is 1. The van der Waals surface area contributed by atoms with Crippen LogP contribution in [-0.4, -0.2) is 13.3 Å². The molecule has 8 heteroatoms. The molecule has 0 aliphatic carbocycles. The van der Waals surface area contributed by atoms with Gasteiger partial charge in [-0.2, -0.15) is 0 Å². The Balaban J connectivity index is 2.39. The molecule has 0 aromatic heterocycles. The summed E-state index contributed by atoms with van der Waals surface area (Å²) in [4.78, 5) is 9.81. The Kier molecular flexibility index (Phi) is 3.66. The van der Waals surface area contributed by atoms with E-state index in [1.54, 1.807) is 6.07 Å². The first-order chi connectivity index (χ1) is 9.40. The maximum absolute atomic E-state index is 13.5. The van der Waals surface area contributed by atoms with Gasteiger partial charge < -0.3 is 0 Å². The zero-order valence-corrected chi connectivity index (χ0v) is 10.8. The standard InChI is InChI=1S/C12H9FN2O4S/c13-11-7-6-9(15(16)17)8-12(11)14-20(18,19)10-4-2-1-3-5-10/h1-8,14H. The third-order valence-corrected chi connectivity index (χ3v) is 3.84. The number of nitro groups is 1. The second kappa shape index (κ2) is 5.25. The molecule has 20 heavy (non-hydrogen) atoms. The van der Waals surface area contributed by atoms with Crippen molar-refractivity contribution >= 4 is 21.4 Å². The molecule has 0 amide bonds. The number of halogens is 1. The number of rotatable bonds is 4. The third kappa shape index (κ3) is 2.91. The summed E-state index contributed by atoms with van der Waals surface area (Å²) >= 11 is 0. The van der Waals surface area contributed by atoms with E-state index in [9.17, 15) is 22.9 Å². The molecule has 2 rings (SSSR count). The van der Waals surface area contributed by atoms with Gasteiger partial charge in [-0.3, -0.25) is 14.8 Å². The van der Waals surface area contributed by atoms with E-state index in [1.165, 1.54) is 24.3 Å². The van der Waals surface area contributed by atoms with Crippen LogP contribution in [0.3, 0.4) is 0 Å². The Morgan fingerprint density at radius 2 is 1.75 bits per heavy atom. The summed E-state index contributed by atoms with van der Waals surface area (Å²) in [5, 5.41) is 10.6. The monoisotopic (exact) mass is 296 g/mol. The predicted octanol–water partition coefficient (Wildman–Crippen LogP) is 2.53. The van der Waals surface area contributed by atoms with E-state index in [2.05, 4.69) is 0 Å². The van der Waals surface area contributed by atoms with Gasteiger partial charge in [0.25, 0.3) is 15.7 Å². The number of nitrogens with zero attached hydrogens (tertiary/aromatic N) is 1. The van der Waals surface area contributed by atoms with Gasteiger partial charge in [0.2, 0.25) is 0 Å². The molecule has 1 N–H and O–H groups in total. The number of hydrogen-bond acceptors (Lipinski definition) is 4. The van der Waals surface area contributed by atoms with Crippen molar-refractivity contribution in [2.45, 2.75) is 4.90 Å². The van der Waals surface area contributed by atoms with E-state index in [4.69, 9.17) is 0 Å². The molecule has 2 aromatic rings. The average Bonchev–Trinajstić information content (AvgIpc) is 2.42. The number of nitrogens with one attached hydrogen (secondary N) is 1. The molecule has 0 radical (unpaired) electrons. The number of anilines is 1. The van der Waals surface area contributed by atoms with Crippen LogP contribution in [0.15, 0.2) is 53.4 Å². The van der Waals surface area contributed by atoms with Crippen molar-refractivity contribution in [2.24, 2.45) is 0 Å². The fourth-order valence-electron chi connectivity index (χ4n) is 1.51. The smallest absolute Gasteiger partial charge is 0.271 e. The van der Waals surface area contributed by atoms with Crippen LogP contribution in [-0.2, 0) is 10.0 Å². The first-order valence-electron chi connectivity index (χ1n) is 5.42. The van der Waals surface area contributed by atoms with Crippen molar-refractivity contribution < 1.29 is 17.7 Å². The molecule has 0 saturated heterocycles. The second-order valence-electron chi connectivity index (χ2n) is 3.84. The second-order valence-corrected chi connectivity index (χ2v) is 5.52. The molecule has 0 aliphatic heterocycles. The molecular weight excluding hydrogens is 287 g/mol. The third-order valence-electron chi connectivity index (χ3n) is 2.46. The lowest BCUT2D eigenvalue weighted by Crippen LogP contribution is -2.14. The summed E-state index contributed by atoms with van der Waals surface area (Å²) in [5.74, 6) is -0.893. The van der Waals surface area contributed by atoms with Gasteiger partial charge in [0, 0.05) is 12.1 Å². The molecule has 6 nitrogen and oxygen atoms in total. The fraction of sp³-hybridized carbons (Fsp3) is 0. The van der Waals surface area contributed by atoms with Gasteiger partial charge in [0.05, 0.1) is 15.5 Å². The fourth-order valence-corrected chi connectivity index (χ4v) is 2.59. The summed E-state index contributed by atoms with van der Waals surface area (Å²) in [6, 6.07) is 9.94. The van der Waals surface area contributed by atoms with Gasteiger partial charge in [-0.1, -0.05) is 18.2 Å². The molecular formula is C12H9FN2O4S. The molecule has 0 saturated carbocycles. The minimum absolute atomic E-state index is 0.0640. The molecule has 0 heterocycles. The van der Waals surface area contributed by atoms with Crippen LogP contribution in [0, 0.1) is 15.9 Å². The molecule has 0 spiro atoms. The Morgan fingerprint density at radius 1 is 1.10 bits per heavy atom. The van der Waals surface area contributed by atoms with Gasteiger partial charge in [-0.05, 0) is 18.2 Å². The van der Waals surface area contributed by atoms with Crippen LogP contribution >= 0.6 is 0 Å². The Morgan fingerprint density at radius 3 is 2.35 bits per heavy atom. The zero-order valence-electron chi connectivity index (χ0n) is 9.99. The highest BCUT2D eigenvalue weighted by molar-refractivity contribution is 7.92. The lowest BCUT2D eigenvalue weighted by atomic mass is 10.3. The summed E-state index contributed by atoms with van der Waals surface area (Å²) in [5.41, 5.74) is -0.875. The van der Waals surface area contributed by atoms with Crippen molar-refractivity contribution in [3.8, 4) is 0 Å². The summed E-state index contributed by atoms with van der Waals surface area (Å²) < 4.78 is 39.5. The Labute approximate surface area is 114 Å². The lowest BCUT2D eigenvalue weighted by molar-refractivity contribution is -0.384. The quantitative estimate of drug-likeness (QED) is 0.693. The van der Waals surface area contributed by atoms with Crippen LogP contribution in [0.1, 0.15) is 0 Å². The Hall–Kier alpha value is -2.48. The SMILES string of the molecule is O=[N+]([O-])c1ccc(F)c(NS(=O)(=O)c2ccccc2)c1. The van der Waals surface area contributed by atoms with Crippen molar-refractivity contribution in [3.63, 3.8) is 0 Å². The summed E-state index contributed by atoms with van der Waals surface area (Å²) in [6.45, 7) is 0. The minimum Gasteiger partial charge on any atom is -0.276 e. The van der Waals surface area contributed by atoms with Crippen molar-refractivity contribution in [2.75, 3.05) is 4.72 Å². The van der Waals surface area contributed by atoms with Crippen LogP contribution in [0.5, 0.6) is 0 Å². The normalized spacial score (nSPS) is 11.1. The number of nitro benzene ring substituents is 1.